The molecule has 1 aliphatic heterocycles. The number of aliphatic carboxylic acids is 1. The van der Waals surface area contributed by atoms with E-state index in [-0.39, 0.29) is 42.9 Å². The smallest absolute Gasteiger partial charge is 0.326 e. The highest BCUT2D eigenvalue weighted by molar-refractivity contribution is 5.94. The number of hydrogen-bond acceptors (Lipinski definition) is 11. The monoisotopic (exact) mass is 684 g/mol. The van der Waals surface area contributed by atoms with Gasteiger partial charge < -0.3 is 36.6 Å². The molecule has 17 heteroatoms. The summed E-state index contributed by atoms with van der Waals surface area (Å²) in [4.78, 5) is 75.4. The molecule has 4 rings (SSSR count). The molecule has 0 bridgehead atoms. The number of phenolic OH excluding ortho intramolecular Hbond substituents is 2. The fourth-order valence-corrected chi connectivity index (χ4v) is 6.49. The molecule has 49 heavy (non-hydrogen) atoms. The minimum absolute atomic E-state index is 0.0747. The molecule has 0 aromatic heterocycles. The van der Waals surface area contributed by atoms with E-state index in [2.05, 4.69) is 10.6 Å². The van der Waals surface area contributed by atoms with Gasteiger partial charge in [-0.05, 0) is 48.4 Å². The van der Waals surface area contributed by atoms with Crippen molar-refractivity contribution in [3.8, 4) is 11.5 Å². The van der Waals surface area contributed by atoms with Crippen molar-refractivity contribution in [3.63, 3.8) is 0 Å². The number of nitro benzene ring substituents is 2. The van der Waals surface area contributed by atoms with Crippen molar-refractivity contribution >= 4 is 35.1 Å². The lowest BCUT2D eigenvalue weighted by atomic mass is 9.85. The average Bonchev–Trinajstić information content (AvgIpc) is 3.56. The van der Waals surface area contributed by atoms with Gasteiger partial charge in [0.05, 0.1) is 15.9 Å². The molecular formula is C32H40N6O11. The largest absolute Gasteiger partial charge is 0.502 e. The highest BCUT2D eigenvalue weighted by Crippen LogP contribution is 2.30. The Morgan fingerprint density at radius 2 is 1.35 bits per heavy atom. The van der Waals surface area contributed by atoms with Crippen molar-refractivity contribution in [3.05, 3.63) is 67.8 Å². The summed E-state index contributed by atoms with van der Waals surface area (Å²) in [5.41, 5.74) is 5.32. The van der Waals surface area contributed by atoms with E-state index in [0.717, 1.165) is 61.3 Å². The zero-order valence-corrected chi connectivity index (χ0v) is 26.7. The maximum Gasteiger partial charge on any atom is 0.326 e. The molecule has 1 heterocycles. The van der Waals surface area contributed by atoms with Gasteiger partial charge in [-0.15, -0.1) is 0 Å². The normalized spacial score (nSPS) is 18.2. The van der Waals surface area contributed by atoms with Gasteiger partial charge in [-0.1, -0.05) is 44.2 Å². The number of hydrogen-bond donors (Lipinski definition) is 6. The summed E-state index contributed by atoms with van der Waals surface area (Å²) < 4.78 is 0. The molecule has 1 saturated carbocycles. The zero-order valence-electron chi connectivity index (χ0n) is 26.7. The van der Waals surface area contributed by atoms with Gasteiger partial charge in [0.15, 0.2) is 11.5 Å². The Morgan fingerprint density at radius 1 is 0.816 bits per heavy atom. The zero-order chi connectivity index (χ0) is 35.8. The minimum Gasteiger partial charge on any atom is -0.502 e. The van der Waals surface area contributed by atoms with Crippen LogP contribution in [0.2, 0.25) is 0 Å². The van der Waals surface area contributed by atoms with E-state index in [9.17, 15) is 54.7 Å². The maximum absolute atomic E-state index is 14.0. The van der Waals surface area contributed by atoms with Gasteiger partial charge >= 0.3 is 17.3 Å². The highest BCUT2D eigenvalue weighted by Gasteiger charge is 2.39. The fraction of sp³-hybridized carbons (Fsp3) is 0.500. The van der Waals surface area contributed by atoms with Crippen LogP contribution in [0.3, 0.4) is 0 Å². The minimum atomic E-state index is -1.47. The van der Waals surface area contributed by atoms with Crippen LogP contribution in [-0.2, 0) is 32.0 Å². The lowest BCUT2D eigenvalue weighted by molar-refractivity contribution is -0.386. The van der Waals surface area contributed by atoms with E-state index in [1.54, 1.807) is 0 Å². The average molecular weight is 685 g/mol. The number of aromatic hydroxyl groups is 2. The number of phenols is 2. The van der Waals surface area contributed by atoms with E-state index in [0.29, 0.717) is 12.8 Å². The molecule has 2 aromatic rings. The van der Waals surface area contributed by atoms with Crippen molar-refractivity contribution in [1.82, 2.24) is 15.5 Å². The van der Waals surface area contributed by atoms with E-state index < -0.39 is 80.6 Å². The van der Waals surface area contributed by atoms with Crippen molar-refractivity contribution in [1.29, 1.82) is 0 Å². The van der Waals surface area contributed by atoms with Gasteiger partial charge in [0.1, 0.15) is 18.1 Å². The number of likely N-dealkylation sites (tertiary alicyclic amines) is 1. The van der Waals surface area contributed by atoms with Crippen LogP contribution in [0.5, 0.6) is 11.5 Å². The number of amides is 3. The number of carbonyl (C=O) groups excluding carboxylic acids is 3. The molecule has 3 amide bonds. The molecule has 1 aliphatic carbocycles. The van der Waals surface area contributed by atoms with Crippen LogP contribution in [0.4, 0.5) is 11.4 Å². The van der Waals surface area contributed by atoms with Crippen molar-refractivity contribution in [2.75, 3.05) is 6.54 Å². The number of nitrogens with zero attached hydrogens (tertiary/aromatic N) is 3. The first-order chi connectivity index (χ1) is 23.2. The maximum atomic E-state index is 14.0. The Morgan fingerprint density at radius 3 is 1.88 bits per heavy atom. The van der Waals surface area contributed by atoms with Crippen LogP contribution in [0.15, 0.2) is 36.4 Å². The van der Waals surface area contributed by atoms with Crippen LogP contribution in [0.1, 0.15) is 62.5 Å². The van der Waals surface area contributed by atoms with Crippen LogP contribution in [-0.4, -0.2) is 84.5 Å². The molecule has 0 unspecified atom stereocenters. The van der Waals surface area contributed by atoms with Crippen LogP contribution >= 0.6 is 0 Å². The third kappa shape index (κ3) is 9.40. The molecule has 4 atom stereocenters. The molecule has 264 valence electrons. The summed E-state index contributed by atoms with van der Waals surface area (Å²) in [6, 6.07) is 1.78. The topological polar surface area (TPSA) is 269 Å². The Balaban J connectivity index is 1.64. The molecule has 0 spiro atoms. The van der Waals surface area contributed by atoms with Crippen molar-refractivity contribution in [2.24, 2.45) is 11.7 Å². The number of nitrogens with one attached hydrogen (secondary N) is 2. The third-order valence-corrected chi connectivity index (χ3v) is 9.07. The number of nitrogens with two attached hydrogens (primary N) is 1. The Labute approximate surface area is 280 Å². The van der Waals surface area contributed by atoms with E-state index in [1.807, 2.05) is 0 Å². The molecular weight excluding hydrogens is 644 g/mol. The first kappa shape index (κ1) is 36.5. The van der Waals surface area contributed by atoms with E-state index >= 15 is 0 Å². The number of carboxylic acids is 1. The number of benzene rings is 2. The van der Waals surface area contributed by atoms with Gasteiger partial charge in [0, 0.05) is 31.5 Å². The van der Waals surface area contributed by atoms with Gasteiger partial charge in [0.25, 0.3) is 0 Å². The highest BCUT2D eigenvalue weighted by atomic mass is 16.6. The second kappa shape index (κ2) is 16.2. The first-order valence-corrected chi connectivity index (χ1v) is 16.1. The van der Waals surface area contributed by atoms with Crippen molar-refractivity contribution in [2.45, 2.75) is 88.4 Å². The molecule has 7 N–H and O–H groups in total. The molecule has 2 fully saturated rings. The predicted octanol–water partition coefficient (Wildman–Crippen LogP) is 2.04. The summed E-state index contributed by atoms with van der Waals surface area (Å²) >= 11 is 0. The SMILES string of the molecule is N[C@@H](CC1CCCCC1)C(=O)N[C@@H](Cc1ccc(O)c([N+](=O)[O-])c1)C(=O)N[C@@H](Cc1ccc(O)c([N+](=O)[O-])c1)C(=O)N1CCC[C@H]1C(=O)O. The quantitative estimate of drug-likeness (QED) is 0.123. The van der Waals surface area contributed by atoms with Gasteiger partial charge in [-0.3, -0.25) is 34.6 Å². The van der Waals surface area contributed by atoms with Crippen LogP contribution in [0.25, 0.3) is 0 Å². The summed E-state index contributed by atoms with van der Waals surface area (Å²) in [6.45, 7) is 0.0747. The summed E-state index contributed by atoms with van der Waals surface area (Å²) in [5.74, 6) is -4.62. The molecule has 2 aliphatic rings. The molecule has 17 nitrogen and oxygen atoms in total. The summed E-state index contributed by atoms with van der Waals surface area (Å²) in [5, 5.41) is 57.7. The lowest BCUT2D eigenvalue weighted by Gasteiger charge is -2.29. The fourth-order valence-electron chi connectivity index (χ4n) is 6.49. The Hall–Kier alpha value is -5.32. The van der Waals surface area contributed by atoms with Gasteiger partial charge in [0.2, 0.25) is 17.7 Å². The Kier molecular flexibility index (Phi) is 12.1. The summed E-state index contributed by atoms with van der Waals surface area (Å²) in [7, 11) is 0. The Bertz CT molecular complexity index is 1600. The molecule has 0 radical (unpaired) electrons. The van der Waals surface area contributed by atoms with Gasteiger partial charge in [-0.25, -0.2) is 4.79 Å². The van der Waals surface area contributed by atoms with Crippen molar-refractivity contribution < 1.29 is 44.3 Å². The molecule has 2 aromatic carbocycles. The predicted molar refractivity (Wildman–Crippen MR) is 172 cm³/mol. The van der Waals surface area contributed by atoms with Crippen LogP contribution < -0.4 is 16.4 Å². The second-order valence-corrected chi connectivity index (χ2v) is 12.6. The standard InChI is InChI=1S/C32H40N6O11/c33-21(13-18-5-2-1-3-6-18)29(41)34-22(14-19-8-10-27(39)25(16-19)37(46)47)30(42)35-23(31(43)36-12-4-7-24(36)32(44)45)15-20-9-11-28(40)26(17-20)38(48)49/h8-11,16-18,21-24,39-40H,1-7,12-15,33H2,(H,34,41)(H,35,42)(H,44,45)/t21-,22-,23-,24-/m0/s1. The lowest BCUT2D eigenvalue weighted by Crippen LogP contribution is -2.58. The first-order valence-electron chi connectivity index (χ1n) is 16.1. The number of rotatable bonds is 14. The van der Waals surface area contributed by atoms with Crippen LogP contribution in [0, 0.1) is 26.1 Å². The second-order valence-electron chi connectivity index (χ2n) is 12.6. The van der Waals surface area contributed by atoms with E-state index in [4.69, 9.17) is 5.73 Å². The number of carboxylic acid groups (broad SMARTS) is 1. The number of carbonyl (C=O) groups is 4. The third-order valence-electron chi connectivity index (χ3n) is 9.07. The number of nitro groups is 2. The van der Waals surface area contributed by atoms with E-state index in [1.165, 1.54) is 12.1 Å². The van der Waals surface area contributed by atoms with Gasteiger partial charge in [-0.2, -0.15) is 0 Å². The summed E-state index contributed by atoms with van der Waals surface area (Å²) in [6.07, 6.45) is 5.21. The molecule has 1 saturated heterocycles.